The first kappa shape index (κ1) is 19.1. The Morgan fingerprint density at radius 3 is 2.48 bits per heavy atom. The summed E-state index contributed by atoms with van der Waals surface area (Å²) in [7, 11) is 0. The van der Waals surface area contributed by atoms with Gasteiger partial charge in [0, 0.05) is 12.2 Å². The molecule has 0 N–H and O–H groups in total. The molecule has 1 aromatic heterocycles. The normalized spacial score (nSPS) is 10.8. The van der Waals surface area contributed by atoms with E-state index in [1.807, 2.05) is 48.7 Å². The average Bonchev–Trinajstić information content (AvgIpc) is 3.03. The van der Waals surface area contributed by atoms with E-state index in [0.717, 1.165) is 11.4 Å². The molecular weight excluding hydrogens is 363 g/mol. The summed E-state index contributed by atoms with van der Waals surface area (Å²) in [6.45, 7) is 4.97. The Hall–Kier alpha value is -2.67. The van der Waals surface area contributed by atoms with Crippen LogP contribution in [-0.2, 0) is 11.3 Å². The topological polar surface area (TPSA) is 51.0 Å². The van der Waals surface area contributed by atoms with E-state index in [-0.39, 0.29) is 17.5 Å². The van der Waals surface area contributed by atoms with E-state index in [2.05, 4.69) is 10.2 Å². The standard InChI is InChI=1S/C20H21FN4OS/c1-3-24(18-11-9-17(21)10-12-18)19(26)14-27-20-23-22-15(2)25(20)13-16-7-5-4-6-8-16/h4-12H,3,13-14H2,1-2H3. The molecular formula is C20H21FN4OS. The number of nitrogens with zero attached hydrogens (tertiary/aromatic N) is 4. The van der Waals surface area contributed by atoms with Crippen molar-refractivity contribution in [1.82, 2.24) is 14.8 Å². The number of benzene rings is 2. The summed E-state index contributed by atoms with van der Waals surface area (Å²) in [5.41, 5.74) is 1.83. The second-order valence-electron chi connectivity index (χ2n) is 6.00. The predicted molar refractivity (Wildman–Crippen MR) is 105 cm³/mol. The second kappa shape index (κ2) is 8.81. The van der Waals surface area contributed by atoms with Gasteiger partial charge in [-0.05, 0) is 43.7 Å². The minimum Gasteiger partial charge on any atom is -0.312 e. The highest BCUT2D eigenvalue weighted by molar-refractivity contribution is 7.99. The lowest BCUT2D eigenvalue weighted by Gasteiger charge is -2.20. The van der Waals surface area contributed by atoms with Gasteiger partial charge in [-0.15, -0.1) is 10.2 Å². The van der Waals surface area contributed by atoms with Crippen LogP contribution in [0, 0.1) is 12.7 Å². The van der Waals surface area contributed by atoms with Crippen LogP contribution >= 0.6 is 11.8 Å². The van der Waals surface area contributed by atoms with Crippen molar-refractivity contribution in [2.75, 3.05) is 17.2 Å². The zero-order chi connectivity index (χ0) is 19.2. The minimum atomic E-state index is -0.318. The number of halogens is 1. The van der Waals surface area contributed by atoms with Crippen LogP contribution in [-0.4, -0.2) is 33.0 Å². The summed E-state index contributed by atoms with van der Waals surface area (Å²) < 4.78 is 15.1. The molecule has 2 aromatic carbocycles. The van der Waals surface area contributed by atoms with Gasteiger partial charge in [0.15, 0.2) is 5.16 Å². The molecule has 0 saturated carbocycles. The molecule has 27 heavy (non-hydrogen) atoms. The number of hydrogen-bond acceptors (Lipinski definition) is 4. The van der Waals surface area contributed by atoms with Crippen molar-refractivity contribution in [3.8, 4) is 0 Å². The van der Waals surface area contributed by atoms with Gasteiger partial charge in [0.25, 0.3) is 0 Å². The van der Waals surface area contributed by atoms with Gasteiger partial charge in [0.05, 0.1) is 12.3 Å². The predicted octanol–water partition coefficient (Wildman–Crippen LogP) is 3.92. The van der Waals surface area contributed by atoms with E-state index in [1.54, 1.807) is 17.0 Å². The molecule has 0 aliphatic carbocycles. The van der Waals surface area contributed by atoms with E-state index >= 15 is 0 Å². The van der Waals surface area contributed by atoms with Crippen molar-refractivity contribution in [2.45, 2.75) is 25.5 Å². The maximum absolute atomic E-state index is 13.1. The lowest BCUT2D eigenvalue weighted by molar-refractivity contribution is -0.116. The van der Waals surface area contributed by atoms with Crippen LogP contribution in [0.1, 0.15) is 18.3 Å². The number of rotatable bonds is 7. The molecule has 0 aliphatic heterocycles. The number of carbonyl (C=O) groups is 1. The first-order valence-corrected chi connectivity index (χ1v) is 9.69. The van der Waals surface area contributed by atoms with E-state index < -0.39 is 0 Å². The zero-order valence-corrected chi connectivity index (χ0v) is 16.1. The highest BCUT2D eigenvalue weighted by atomic mass is 32.2. The molecule has 5 nitrogen and oxygen atoms in total. The second-order valence-corrected chi connectivity index (χ2v) is 6.95. The van der Waals surface area contributed by atoms with Crippen LogP contribution < -0.4 is 4.90 Å². The van der Waals surface area contributed by atoms with Gasteiger partial charge in [-0.25, -0.2) is 4.39 Å². The van der Waals surface area contributed by atoms with Gasteiger partial charge in [-0.1, -0.05) is 42.1 Å². The molecule has 0 aliphatic rings. The third-order valence-electron chi connectivity index (χ3n) is 4.17. The van der Waals surface area contributed by atoms with E-state index in [0.29, 0.717) is 23.9 Å². The Bertz CT molecular complexity index is 896. The summed E-state index contributed by atoms with van der Waals surface area (Å²) in [4.78, 5) is 14.3. The van der Waals surface area contributed by atoms with E-state index in [4.69, 9.17) is 0 Å². The molecule has 3 aromatic rings. The number of anilines is 1. The Morgan fingerprint density at radius 1 is 1.11 bits per heavy atom. The van der Waals surface area contributed by atoms with Crippen LogP contribution in [0.2, 0.25) is 0 Å². The molecule has 0 atom stereocenters. The molecule has 0 fully saturated rings. The van der Waals surface area contributed by atoms with Crippen molar-refractivity contribution in [2.24, 2.45) is 0 Å². The van der Waals surface area contributed by atoms with Crippen molar-refractivity contribution < 1.29 is 9.18 Å². The van der Waals surface area contributed by atoms with Crippen LogP contribution in [0.5, 0.6) is 0 Å². The molecule has 0 radical (unpaired) electrons. The summed E-state index contributed by atoms with van der Waals surface area (Å²) >= 11 is 1.36. The molecule has 140 valence electrons. The van der Waals surface area contributed by atoms with Gasteiger partial charge in [0.1, 0.15) is 11.6 Å². The molecule has 0 bridgehead atoms. The number of amides is 1. The molecule has 0 spiro atoms. The number of aryl methyl sites for hydroxylation is 1. The number of aromatic nitrogens is 3. The Morgan fingerprint density at radius 2 is 1.81 bits per heavy atom. The fourth-order valence-electron chi connectivity index (χ4n) is 2.74. The van der Waals surface area contributed by atoms with Gasteiger partial charge in [0.2, 0.25) is 5.91 Å². The van der Waals surface area contributed by atoms with E-state index in [1.165, 1.54) is 23.9 Å². The maximum atomic E-state index is 13.1. The van der Waals surface area contributed by atoms with Crippen LogP contribution in [0.25, 0.3) is 0 Å². The Balaban J connectivity index is 1.69. The van der Waals surface area contributed by atoms with Crippen LogP contribution in [0.3, 0.4) is 0 Å². The lowest BCUT2D eigenvalue weighted by atomic mass is 10.2. The first-order valence-electron chi connectivity index (χ1n) is 8.71. The third kappa shape index (κ3) is 4.74. The van der Waals surface area contributed by atoms with Gasteiger partial charge < -0.3 is 9.47 Å². The number of thioether (sulfide) groups is 1. The summed E-state index contributed by atoms with van der Waals surface area (Å²) in [5.74, 6) is 0.667. The van der Waals surface area contributed by atoms with Gasteiger partial charge >= 0.3 is 0 Å². The quantitative estimate of drug-likeness (QED) is 0.580. The van der Waals surface area contributed by atoms with Crippen molar-refractivity contribution in [1.29, 1.82) is 0 Å². The number of carbonyl (C=O) groups excluding carboxylic acids is 1. The number of hydrogen-bond donors (Lipinski definition) is 0. The molecule has 1 amide bonds. The smallest absolute Gasteiger partial charge is 0.237 e. The SMILES string of the molecule is CCN(C(=O)CSc1nnc(C)n1Cc1ccccc1)c1ccc(F)cc1. The fourth-order valence-corrected chi connectivity index (χ4v) is 3.60. The average molecular weight is 384 g/mol. The van der Waals surface area contributed by atoms with Gasteiger partial charge in [-0.3, -0.25) is 4.79 Å². The van der Waals surface area contributed by atoms with Crippen molar-refractivity contribution >= 4 is 23.4 Å². The zero-order valence-electron chi connectivity index (χ0n) is 15.3. The monoisotopic (exact) mass is 384 g/mol. The van der Waals surface area contributed by atoms with E-state index in [9.17, 15) is 9.18 Å². The summed E-state index contributed by atoms with van der Waals surface area (Å²) in [6.07, 6.45) is 0. The molecule has 3 rings (SSSR count). The lowest BCUT2D eigenvalue weighted by Crippen LogP contribution is -2.32. The molecule has 7 heteroatoms. The highest BCUT2D eigenvalue weighted by Gasteiger charge is 2.17. The minimum absolute atomic E-state index is 0.0546. The third-order valence-corrected chi connectivity index (χ3v) is 5.12. The maximum Gasteiger partial charge on any atom is 0.237 e. The highest BCUT2D eigenvalue weighted by Crippen LogP contribution is 2.21. The van der Waals surface area contributed by atoms with Gasteiger partial charge in [-0.2, -0.15) is 0 Å². The van der Waals surface area contributed by atoms with Crippen LogP contribution in [0.15, 0.2) is 59.8 Å². The first-order chi connectivity index (χ1) is 13.1. The molecule has 0 saturated heterocycles. The Kier molecular flexibility index (Phi) is 6.24. The largest absolute Gasteiger partial charge is 0.312 e. The van der Waals surface area contributed by atoms with Crippen molar-refractivity contribution in [3.05, 3.63) is 71.8 Å². The summed E-state index contributed by atoms with van der Waals surface area (Å²) in [6, 6.07) is 16.0. The fraction of sp³-hybridized carbons (Fsp3) is 0.250. The van der Waals surface area contributed by atoms with Crippen molar-refractivity contribution in [3.63, 3.8) is 0 Å². The van der Waals surface area contributed by atoms with Crippen LogP contribution in [0.4, 0.5) is 10.1 Å². The molecule has 0 unspecified atom stereocenters. The Labute approximate surface area is 162 Å². The molecule has 1 heterocycles. The summed E-state index contributed by atoms with van der Waals surface area (Å²) in [5, 5.41) is 9.07.